The maximum absolute atomic E-state index is 12.9. The molecular weight excluding hydrogens is 422 g/mol. The zero-order chi connectivity index (χ0) is 23.8. The monoisotopic (exact) mass is 451 g/mol. The van der Waals surface area contributed by atoms with Crippen molar-refractivity contribution < 1.29 is 9.59 Å². The molecule has 1 aliphatic carbocycles. The van der Waals surface area contributed by atoms with Crippen LogP contribution in [-0.2, 0) is 13.1 Å². The van der Waals surface area contributed by atoms with Crippen LogP contribution in [0.3, 0.4) is 0 Å². The number of hydrogen-bond donors (Lipinski definition) is 2. The van der Waals surface area contributed by atoms with Crippen LogP contribution in [0.15, 0.2) is 66.7 Å². The van der Waals surface area contributed by atoms with Gasteiger partial charge < -0.3 is 15.6 Å². The third kappa shape index (κ3) is 4.34. The number of nitrogens with zero attached hydrogens (tertiary/aromatic N) is 1. The maximum atomic E-state index is 12.9. The Kier molecular flexibility index (Phi) is 5.70. The summed E-state index contributed by atoms with van der Waals surface area (Å²) in [5.74, 6) is 0.200. The molecule has 4 aromatic rings. The van der Waals surface area contributed by atoms with E-state index in [-0.39, 0.29) is 5.91 Å². The number of aromatic nitrogens is 1. The quantitative estimate of drug-likeness (QED) is 0.404. The van der Waals surface area contributed by atoms with Gasteiger partial charge in [-0.15, -0.1) is 0 Å². The van der Waals surface area contributed by atoms with Crippen molar-refractivity contribution in [1.82, 2.24) is 9.88 Å². The highest BCUT2D eigenvalue weighted by Crippen LogP contribution is 2.40. The van der Waals surface area contributed by atoms with Crippen molar-refractivity contribution in [3.8, 4) is 0 Å². The Labute approximate surface area is 199 Å². The molecule has 0 saturated heterocycles. The Morgan fingerprint density at radius 2 is 1.71 bits per heavy atom. The molecular formula is C29H29N3O2. The predicted molar refractivity (Wildman–Crippen MR) is 135 cm³/mol. The Balaban J connectivity index is 1.36. The van der Waals surface area contributed by atoms with Crippen molar-refractivity contribution in [3.63, 3.8) is 0 Å². The van der Waals surface area contributed by atoms with Gasteiger partial charge in [0.2, 0.25) is 5.91 Å². The average molecular weight is 452 g/mol. The van der Waals surface area contributed by atoms with Gasteiger partial charge in [0.1, 0.15) is 0 Å². The molecule has 34 heavy (non-hydrogen) atoms. The van der Waals surface area contributed by atoms with E-state index in [4.69, 9.17) is 5.73 Å². The number of rotatable bonds is 7. The molecule has 1 aromatic heterocycles. The normalized spacial score (nSPS) is 13.2. The van der Waals surface area contributed by atoms with Crippen LogP contribution in [0, 0.1) is 13.8 Å². The molecule has 0 bridgehead atoms. The SMILES string of the molecule is Cc1c(C)n(Cc2cccc(C(N)=O)c2)c2ccc(C(=O)NCc3cccc(C4CC4)c3)cc12. The maximum Gasteiger partial charge on any atom is 0.251 e. The first-order valence-electron chi connectivity index (χ1n) is 11.8. The molecule has 0 radical (unpaired) electrons. The van der Waals surface area contributed by atoms with E-state index in [1.54, 1.807) is 6.07 Å². The largest absolute Gasteiger partial charge is 0.366 e. The number of benzene rings is 3. The van der Waals surface area contributed by atoms with Crippen LogP contribution in [0.4, 0.5) is 0 Å². The second-order valence-electron chi connectivity index (χ2n) is 9.30. The van der Waals surface area contributed by atoms with Crippen LogP contribution in [0.25, 0.3) is 10.9 Å². The van der Waals surface area contributed by atoms with Gasteiger partial charge in [0.15, 0.2) is 0 Å². The molecule has 5 nitrogen and oxygen atoms in total. The van der Waals surface area contributed by atoms with E-state index in [2.05, 4.69) is 48.0 Å². The first kappa shape index (κ1) is 22.0. The third-order valence-electron chi connectivity index (χ3n) is 6.91. The van der Waals surface area contributed by atoms with Crippen molar-refractivity contribution in [2.75, 3.05) is 0 Å². The second kappa shape index (κ2) is 8.82. The van der Waals surface area contributed by atoms with Gasteiger partial charge in [-0.25, -0.2) is 0 Å². The van der Waals surface area contributed by atoms with Crippen LogP contribution in [0.1, 0.15) is 67.4 Å². The Morgan fingerprint density at radius 1 is 0.941 bits per heavy atom. The summed E-state index contributed by atoms with van der Waals surface area (Å²) in [5.41, 5.74) is 13.5. The molecule has 1 heterocycles. The number of amides is 2. The molecule has 1 fully saturated rings. The van der Waals surface area contributed by atoms with Crippen molar-refractivity contribution >= 4 is 22.7 Å². The summed E-state index contributed by atoms with van der Waals surface area (Å²) >= 11 is 0. The molecule has 3 aromatic carbocycles. The lowest BCUT2D eigenvalue weighted by Crippen LogP contribution is -2.22. The van der Waals surface area contributed by atoms with Crippen LogP contribution < -0.4 is 11.1 Å². The molecule has 0 unspecified atom stereocenters. The van der Waals surface area contributed by atoms with E-state index in [9.17, 15) is 9.59 Å². The van der Waals surface area contributed by atoms with Gasteiger partial charge in [0.25, 0.3) is 5.91 Å². The highest BCUT2D eigenvalue weighted by molar-refractivity contribution is 5.99. The van der Waals surface area contributed by atoms with Gasteiger partial charge in [0, 0.05) is 40.8 Å². The number of carbonyl (C=O) groups excluding carboxylic acids is 2. The minimum Gasteiger partial charge on any atom is -0.366 e. The predicted octanol–water partition coefficient (Wildman–Crippen LogP) is 5.21. The topological polar surface area (TPSA) is 77.1 Å². The minimum atomic E-state index is -0.429. The number of nitrogens with two attached hydrogens (primary N) is 1. The number of carbonyl (C=O) groups is 2. The highest BCUT2D eigenvalue weighted by atomic mass is 16.2. The fourth-order valence-electron chi connectivity index (χ4n) is 4.66. The van der Waals surface area contributed by atoms with Crippen LogP contribution in [-0.4, -0.2) is 16.4 Å². The number of nitrogens with one attached hydrogen (secondary N) is 1. The van der Waals surface area contributed by atoms with E-state index >= 15 is 0 Å². The van der Waals surface area contributed by atoms with Crippen molar-refractivity contribution in [3.05, 3.63) is 106 Å². The van der Waals surface area contributed by atoms with E-state index < -0.39 is 5.91 Å². The van der Waals surface area contributed by atoms with E-state index in [0.717, 1.165) is 33.3 Å². The zero-order valence-corrected chi connectivity index (χ0v) is 19.6. The van der Waals surface area contributed by atoms with Crippen LogP contribution in [0.2, 0.25) is 0 Å². The first-order chi connectivity index (χ1) is 16.4. The van der Waals surface area contributed by atoms with Crippen LogP contribution in [0.5, 0.6) is 0 Å². The number of fused-ring (bicyclic) bond motifs is 1. The van der Waals surface area contributed by atoms with Gasteiger partial charge in [-0.3, -0.25) is 9.59 Å². The Bertz CT molecular complexity index is 1410. The van der Waals surface area contributed by atoms with Crippen molar-refractivity contribution in [2.45, 2.75) is 45.7 Å². The molecule has 0 atom stereocenters. The molecule has 5 rings (SSSR count). The smallest absolute Gasteiger partial charge is 0.251 e. The Hall–Kier alpha value is -3.86. The molecule has 2 amide bonds. The summed E-state index contributed by atoms with van der Waals surface area (Å²) in [6, 6.07) is 21.8. The molecule has 1 aliphatic rings. The lowest BCUT2D eigenvalue weighted by molar-refractivity contribution is 0.0949. The number of primary amides is 1. The molecule has 1 saturated carbocycles. The van der Waals surface area contributed by atoms with Crippen molar-refractivity contribution in [2.24, 2.45) is 5.73 Å². The standard InChI is InChI=1S/C29H29N3O2/c1-18-19(2)32(17-21-6-4-8-24(14-21)28(30)33)27-12-11-25(15-26(18)27)29(34)31-16-20-5-3-7-23(13-20)22-9-10-22/h3-8,11-15,22H,9-10,16-17H2,1-2H3,(H2,30,33)(H,31,34). The summed E-state index contributed by atoms with van der Waals surface area (Å²) in [5, 5.41) is 4.14. The van der Waals surface area contributed by atoms with Gasteiger partial charge >= 0.3 is 0 Å². The highest BCUT2D eigenvalue weighted by Gasteiger charge is 2.23. The van der Waals surface area contributed by atoms with Gasteiger partial charge in [-0.2, -0.15) is 0 Å². The molecule has 0 spiro atoms. The summed E-state index contributed by atoms with van der Waals surface area (Å²) in [6.45, 7) is 5.31. The fraction of sp³-hybridized carbons (Fsp3) is 0.241. The zero-order valence-electron chi connectivity index (χ0n) is 19.6. The van der Waals surface area contributed by atoms with Crippen molar-refractivity contribution in [1.29, 1.82) is 0 Å². The molecule has 3 N–H and O–H groups in total. The molecule has 0 aliphatic heterocycles. The Morgan fingerprint density at radius 3 is 2.47 bits per heavy atom. The van der Waals surface area contributed by atoms with Crippen LogP contribution >= 0.6 is 0 Å². The van der Waals surface area contributed by atoms with E-state index in [1.807, 2.05) is 36.4 Å². The minimum absolute atomic E-state index is 0.0716. The summed E-state index contributed by atoms with van der Waals surface area (Å²) in [6.07, 6.45) is 2.54. The average Bonchev–Trinajstić information content (AvgIpc) is 3.68. The number of aryl methyl sites for hydroxylation is 1. The number of hydrogen-bond acceptors (Lipinski definition) is 2. The molecule has 172 valence electrons. The van der Waals surface area contributed by atoms with Gasteiger partial charge in [-0.1, -0.05) is 36.4 Å². The van der Waals surface area contributed by atoms with E-state index in [0.29, 0.717) is 30.1 Å². The second-order valence-corrected chi connectivity index (χ2v) is 9.30. The third-order valence-corrected chi connectivity index (χ3v) is 6.91. The first-order valence-corrected chi connectivity index (χ1v) is 11.8. The van der Waals surface area contributed by atoms with Gasteiger partial charge in [-0.05, 0) is 85.2 Å². The van der Waals surface area contributed by atoms with Gasteiger partial charge in [0.05, 0.1) is 0 Å². The fourth-order valence-corrected chi connectivity index (χ4v) is 4.66. The van der Waals surface area contributed by atoms with E-state index in [1.165, 1.54) is 18.4 Å². The summed E-state index contributed by atoms with van der Waals surface area (Å²) in [4.78, 5) is 24.5. The summed E-state index contributed by atoms with van der Waals surface area (Å²) < 4.78 is 2.22. The lowest BCUT2D eigenvalue weighted by Gasteiger charge is -2.10. The summed E-state index contributed by atoms with van der Waals surface area (Å²) in [7, 11) is 0. The lowest BCUT2D eigenvalue weighted by atomic mass is 10.1. The molecule has 5 heteroatoms.